The van der Waals surface area contributed by atoms with E-state index in [0.717, 1.165) is 64.5 Å². The molecule has 1 aromatic carbocycles. The van der Waals surface area contributed by atoms with Crippen molar-refractivity contribution in [2.24, 2.45) is 10.9 Å². The van der Waals surface area contributed by atoms with Crippen molar-refractivity contribution in [3.63, 3.8) is 0 Å². The van der Waals surface area contributed by atoms with Crippen molar-refractivity contribution in [2.75, 3.05) is 20.1 Å². The van der Waals surface area contributed by atoms with Crippen molar-refractivity contribution < 1.29 is 18.3 Å². The quantitative estimate of drug-likeness (QED) is 0.0983. The lowest BCUT2D eigenvalue weighted by molar-refractivity contribution is 0.0230. The fourth-order valence-electron chi connectivity index (χ4n) is 5.12. The first-order chi connectivity index (χ1) is 20.9. The number of rotatable bonds is 17. The molecule has 0 radical (unpaired) electrons. The van der Waals surface area contributed by atoms with E-state index in [1.807, 2.05) is 41.5 Å². The summed E-state index contributed by atoms with van der Waals surface area (Å²) < 4.78 is 34.0. The lowest BCUT2D eigenvalue weighted by atomic mass is 9.83. The summed E-state index contributed by atoms with van der Waals surface area (Å²) in [5.74, 6) is -1.18. The fourth-order valence-corrected chi connectivity index (χ4v) is 5.12. The van der Waals surface area contributed by atoms with E-state index >= 15 is 0 Å². The van der Waals surface area contributed by atoms with Gasteiger partial charge in [0.05, 0.1) is 0 Å². The van der Waals surface area contributed by atoms with Crippen molar-refractivity contribution in [1.29, 1.82) is 0 Å². The van der Waals surface area contributed by atoms with Gasteiger partial charge in [-0.25, -0.2) is 13.6 Å². The fraction of sp³-hybridized carbons (Fsp3) is 0.538. The van der Waals surface area contributed by atoms with Gasteiger partial charge >= 0.3 is 6.09 Å². The molecule has 0 aromatic heterocycles. The van der Waals surface area contributed by atoms with Crippen LogP contribution in [0.5, 0.6) is 0 Å². The van der Waals surface area contributed by atoms with Gasteiger partial charge in [0.2, 0.25) is 0 Å². The lowest BCUT2D eigenvalue weighted by Crippen LogP contribution is -2.39. The van der Waals surface area contributed by atoms with Crippen LogP contribution in [0.2, 0.25) is 0 Å². The van der Waals surface area contributed by atoms with Crippen molar-refractivity contribution in [1.82, 2.24) is 4.90 Å². The Morgan fingerprint density at radius 3 is 2.07 bits per heavy atom. The second-order valence-corrected chi connectivity index (χ2v) is 13.7. The van der Waals surface area contributed by atoms with Crippen LogP contribution < -0.4 is 0 Å². The van der Waals surface area contributed by atoms with Crippen LogP contribution in [0.3, 0.4) is 0 Å². The van der Waals surface area contributed by atoms with E-state index in [1.165, 1.54) is 12.1 Å². The largest absolute Gasteiger partial charge is 0.444 e. The van der Waals surface area contributed by atoms with Gasteiger partial charge in [-0.3, -0.25) is 4.99 Å². The minimum atomic E-state index is -0.599. The summed E-state index contributed by atoms with van der Waals surface area (Å²) in [6, 6.07) is 3.66. The summed E-state index contributed by atoms with van der Waals surface area (Å²) in [6.07, 6.45) is 6.48. The van der Waals surface area contributed by atoms with E-state index in [0.29, 0.717) is 37.9 Å². The van der Waals surface area contributed by atoms with E-state index < -0.39 is 17.2 Å². The Balaban J connectivity index is 3.61. The van der Waals surface area contributed by atoms with E-state index in [2.05, 4.69) is 51.6 Å². The number of carbonyl (C=O) groups is 1. The average molecular weight is 625 g/mol. The van der Waals surface area contributed by atoms with E-state index in [-0.39, 0.29) is 17.9 Å². The SMILES string of the molecule is C=C(CCCC)CC(=C/C(C)c1cc(F)cc(F)c1)/C(C(/C)=N\C)=C(\CC(=C)CCN(CC(C)C)C(=O)OC(C)(C)C)C(=C)C. The number of amides is 1. The molecule has 0 N–H and O–H groups in total. The van der Waals surface area contributed by atoms with E-state index in [1.54, 1.807) is 11.9 Å². The molecule has 1 rings (SSSR count). The number of halogens is 2. The molecule has 0 bridgehead atoms. The van der Waals surface area contributed by atoms with Gasteiger partial charge in [-0.1, -0.05) is 76.6 Å². The summed E-state index contributed by atoms with van der Waals surface area (Å²) in [4.78, 5) is 19.3. The Hall–Kier alpha value is -3.28. The molecule has 6 heteroatoms. The molecule has 0 aliphatic rings. The number of benzene rings is 1. The van der Waals surface area contributed by atoms with Crippen LogP contribution in [0.4, 0.5) is 13.6 Å². The summed E-state index contributed by atoms with van der Waals surface area (Å²) in [7, 11) is 1.76. The van der Waals surface area contributed by atoms with Crippen molar-refractivity contribution >= 4 is 11.8 Å². The summed E-state index contributed by atoms with van der Waals surface area (Å²) in [5.41, 5.74) is 6.70. The zero-order valence-electron chi connectivity index (χ0n) is 29.7. The zero-order chi connectivity index (χ0) is 34.5. The molecule has 0 aliphatic carbocycles. The Labute approximate surface area is 272 Å². The number of aliphatic imine (C=N–C) groups is 1. The Morgan fingerprint density at radius 1 is 1.00 bits per heavy atom. The molecule has 0 heterocycles. The summed E-state index contributed by atoms with van der Waals surface area (Å²) >= 11 is 0. The number of allylic oxidation sites excluding steroid dienone is 6. The molecule has 0 fully saturated rings. The standard InChI is InChI=1S/C39H58F2N2O2/c1-14-15-16-28(6)19-33(21-30(8)32-22-34(40)24-35(41)23-32)37(31(9)42-13)36(27(4)5)20-29(7)17-18-43(25-26(2)3)38(44)45-39(10,11)12/h21-24,26,30H,4,6-7,14-20,25H2,1-3,5,8-13H3/b33-21-,37-36+,42-31-. The number of hydrogen-bond acceptors (Lipinski definition) is 3. The van der Waals surface area contributed by atoms with Crippen molar-refractivity contribution in [3.8, 4) is 0 Å². The molecule has 0 spiro atoms. The highest BCUT2D eigenvalue weighted by Gasteiger charge is 2.24. The van der Waals surface area contributed by atoms with Gasteiger partial charge in [0, 0.05) is 37.5 Å². The van der Waals surface area contributed by atoms with Crippen LogP contribution in [0.1, 0.15) is 112 Å². The lowest BCUT2D eigenvalue weighted by Gasteiger charge is -2.29. The molecular weight excluding hydrogens is 566 g/mol. The summed E-state index contributed by atoms with van der Waals surface area (Å²) in [5, 5.41) is 0. The smallest absolute Gasteiger partial charge is 0.410 e. The molecule has 0 saturated heterocycles. The van der Waals surface area contributed by atoms with E-state index in [9.17, 15) is 13.6 Å². The molecule has 1 aromatic rings. The van der Waals surface area contributed by atoms with Crippen molar-refractivity contribution in [2.45, 2.75) is 112 Å². The van der Waals surface area contributed by atoms with Crippen LogP contribution in [0.15, 0.2) is 82.4 Å². The van der Waals surface area contributed by atoms with Gasteiger partial charge in [-0.05, 0) is 107 Å². The minimum absolute atomic E-state index is 0.267. The maximum atomic E-state index is 14.2. The molecule has 250 valence electrons. The average Bonchev–Trinajstić information content (AvgIpc) is 2.91. The van der Waals surface area contributed by atoms with Gasteiger partial charge in [-0.15, -0.1) is 0 Å². The molecule has 4 nitrogen and oxygen atoms in total. The predicted octanol–water partition coefficient (Wildman–Crippen LogP) is 11.3. The minimum Gasteiger partial charge on any atom is -0.444 e. The first-order valence-electron chi connectivity index (χ1n) is 16.2. The van der Waals surface area contributed by atoms with Gasteiger partial charge in [0.25, 0.3) is 0 Å². The number of ether oxygens (including phenoxy) is 1. The van der Waals surface area contributed by atoms with Gasteiger partial charge in [0.1, 0.15) is 17.2 Å². The molecule has 1 atom stereocenters. The van der Waals surface area contributed by atoms with Gasteiger partial charge < -0.3 is 9.64 Å². The molecule has 1 unspecified atom stereocenters. The second kappa shape index (κ2) is 18.6. The topological polar surface area (TPSA) is 41.9 Å². The number of carbonyl (C=O) groups excluding carboxylic acids is 1. The molecule has 45 heavy (non-hydrogen) atoms. The normalized spacial score (nSPS) is 13.8. The first kappa shape index (κ1) is 39.7. The molecule has 0 saturated carbocycles. The summed E-state index contributed by atoms with van der Waals surface area (Å²) in [6.45, 7) is 32.0. The number of nitrogens with zero attached hydrogens (tertiary/aromatic N) is 2. The monoisotopic (exact) mass is 624 g/mol. The molecule has 1 amide bonds. The maximum absolute atomic E-state index is 14.2. The Kier molecular flexibility index (Phi) is 16.5. The third-order valence-corrected chi connectivity index (χ3v) is 7.42. The van der Waals surface area contributed by atoms with Gasteiger partial charge in [0.15, 0.2) is 0 Å². The maximum Gasteiger partial charge on any atom is 0.410 e. The van der Waals surface area contributed by atoms with Crippen LogP contribution >= 0.6 is 0 Å². The third-order valence-electron chi connectivity index (χ3n) is 7.42. The first-order valence-corrected chi connectivity index (χ1v) is 16.2. The molecule has 0 aliphatic heterocycles. The van der Waals surface area contributed by atoms with E-state index in [4.69, 9.17) is 4.74 Å². The van der Waals surface area contributed by atoms with Crippen LogP contribution in [0, 0.1) is 17.6 Å². The number of hydrogen-bond donors (Lipinski definition) is 0. The third kappa shape index (κ3) is 14.6. The predicted molar refractivity (Wildman–Crippen MR) is 188 cm³/mol. The highest BCUT2D eigenvalue weighted by molar-refractivity contribution is 6.03. The molecular formula is C39H58F2N2O2. The Morgan fingerprint density at radius 2 is 1.58 bits per heavy atom. The highest BCUT2D eigenvalue weighted by atomic mass is 19.1. The van der Waals surface area contributed by atoms with Crippen LogP contribution in [-0.4, -0.2) is 42.4 Å². The van der Waals surface area contributed by atoms with Crippen molar-refractivity contribution in [3.05, 3.63) is 94.6 Å². The van der Waals surface area contributed by atoms with Crippen LogP contribution in [-0.2, 0) is 4.74 Å². The highest BCUT2D eigenvalue weighted by Crippen LogP contribution is 2.34. The Bertz CT molecular complexity index is 1270. The van der Waals surface area contributed by atoms with Crippen LogP contribution in [0.25, 0.3) is 0 Å². The second-order valence-electron chi connectivity index (χ2n) is 13.7. The van der Waals surface area contributed by atoms with Gasteiger partial charge in [-0.2, -0.15) is 0 Å². The number of unbranched alkanes of at least 4 members (excludes halogenated alkanes) is 1. The zero-order valence-corrected chi connectivity index (χ0v) is 29.7.